The van der Waals surface area contributed by atoms with Gasteiger partial charge in [0.15, 0.2) is 5.82 Å². The lowest BCUT2D eigenvalue weighted by molar-refractivity contribution is -0.115. The molecule has 0 bridgehead atoms. The minimum absolute atomic E-state index is 0.171. The fraction of sp³-hybridized carbons (Fsp3) is 0.0952. The molecule has 9 heteroatoms. The Labute approximate surface area is 186 Å². The van der Waals surface area contributed by atoms with E-state index < -0.39 is 0 Å². The zero-order valence-corrected chi connectivity index (χ0v) is 17.9. The third-order valence-electron chi connectivity index (χ3n) is 4.39. The van der Waals surface area contributed by atoms with Crippen molar-refractivity contribution in [1.29, 1.82) is 0 Å². The van der Waals surface area contributed by atoms with Crippen LogP contribution in [0.4, 0.5) is 5.82 Å². The molecule has 2 heterocycles. The highest BCUT2D eigenvalue weighted by Crippen LogP contribution is 2.29. The first-order valence-corrected chi connectivity index (χ1v) is 10.6. The summed E-state index contributed by atoms with van der Waals surface area (Å²) in [5, 5.41) is 14.5. The highest BCUT2D eigenvalue weighted by atomic mass is 35.5. The number of nitrogens with one attached hydrogen (secondary N) is 3. The first-order valence-electron chi connectivity index (χ1n) is 9.03. The smallest absolute Gasteiger partial charge is 0.261 e. The van der Waals surface area contributed by atoms with E-state index in [0.29, 0.717) is 37.5 Å². The number of rotatable bonds is 6. The Morgan fingerprint density at radius 2 is 1.90 bits per heavy atom. The maximum absolute atomic E-state index is 12.5. The predicted molar refractivity (Wildman–Crippen MR) is 120 cm³/mol. The van der Waals surface area contributed by atoms with Crippen LogP contribution < -0.4 is 10.6 Å². The average Bonchev–Trinajstić information content (AvgIpc) is 3.29. The molecular formula is C21H16Cl2N4O2S. The normalized spacial score (nSPS) is 10.9. The van der Waals surface area contributed by atoms with Crippen LogP contribution in [0.15, 0.2) is 54.6 Å². The van der Waals surface area contributed by atoms with Gasteiger partial charge in [0.1, 0.15) is 4.83 Å². The van der Waals surface area contributed by atoms with Gasteiger partial charge in [-0.1, -0.05) is 53.5 Å². The number of thiophene rings is 1. The number of nitrogens with zero attached hydrogens (tertiary/aromatic N) is 1. The Morgan fingerprint density at radius 1 is 1.07 bits per heavy atom. The molecule has 30 heavy (non-hydrogen) atoms. The number of hydrogen-bond acceptors (Lipinski definition) is 4. The summed E-state index contributed by atoms with van der Waals surface area (Å²) >= 11 is 13.4. The van der Waals surface area contributed by atoms with Gasteiger partial charge in [0.2, 0.25) is 5.91 Å². The molecule has 0 atom stereocenters. The van der Waals surface area contributed by atoms with E-state index in [1.165, 1.54) is 11.3 Å². The first kappa shape index (κ1) is 20.4. The largest absolute Gasteiger partial charge is 0.347 e. The van der Waals surface area contributed by atoms with Crippen molar-refractivity contribution in [2.45, 2.75) is 13.0 Å². The van der Waals surface area contributed by atoms with Gasteiger partial charge in [0.25, 0.3) is 5.91 Å². The SMILES string of the molecule is O=C(Cc1cccc(Cl)c1)Nc1n[nH]c2sc(C(=O)NCc3ccccc3Cl)cc12. The molecule has 4 rings (SSSR count). The van der Waals surface area contributed by atoms with Crippen molar-refractivity contribution in [3.63, 3.8) is 0 Å². The topological polar surface area (TPSA) is 86.9 Å². The van der Waals surface area contributed by atoms with E-state index in [9.17, 15) is 9.59 Å². The molecular weight excluding hydrogens is 443 g/mol. The molecule has 0 fully saturated rings. The maximum atomic E-state index is 12.5. The van der Waals surface area contributed by atoms with Gasteiger partial charge in [0.05, 0.1) is 16.7 Å². The molecule has 0 unspecified atom stereocenters. The minimum atomic E-state index is -0.222. The van der Waals surface area contributed by atoms with E-state index in [-0.39, 0.29) is 18.2 Å². The van der Waals surface area contributed by atoms with E-state index in [1.807, 2.05) is 24.3 Å². The second kappa shape index (κ2) is 8.87. The number of aromatic amines is 1. The molecule has 2 aromatic heterocycles. The number of carbonyl (C=O) groups excluding carboxylic acids is 2. The molecule has 0 aliphatic heterocycles. The van der Waals surface area contributed by atoms with Crippen molar-refractivity contribution in [3.05, 3.63) is 80.6 Å². The van der Waals surface area contributed by atoms with E-state index in [2.05, 4.69) is 20.8 Å². The molecule has 4 aromatic rings. The molecule has 0 spiro atoms. The van der Waals surface area contributed by atoms with Gasteiger partial charge in [-0.25, -0.2) is 0 Å². The summed E-state index contributed by atoms with van der Waals surface area (Å²) < 4.78 is 0. The lowest BCUT2D eigenvalue weighted by atomic mass is 10.1. The number of aromatic nitrogens is 2. The second-order valence-electron chi connectivity index (χ2n) is 6.55. The molecule has 0 saturated heterocycles. The summed E-state index contributed by atoms with van der Waals surface area (Å²) in [6, 6.07) is 16.2. The predicted octanol–water partition coefficient (Wildman–Crippen LogP) is 5.04. The number of anilines is 1. The highest BCUT2D eigenvalue weighted by molar-refractivity contribution is 7.20. The summed E-state index contributed by atoms with van der Waals surface area (Å²) in [6.45, 7) is 0.325. The number of halogens is 2. The van der Waals surface area contributed by atoms with Crippen molar-refractivity contribution >= 4 is 62.4 Å². The Balaban J connectivity index is 1.43. The molecule has 0 aliphatic carbocycles. The monoisotopic (exact) mass is 458 g/mol. The standard InChI is InChI=1S/C21H16Cl2N4O2S/c22-14-6-3-4-12(8-14)9-18(28)25-19-15-10-17(30-21(15)27-26-19)20(29)24-11-13-5-1-2-7-16(13)23/h1-8,10H,9,11H2,(H,24,29)(H2,25,26,27,28). The van der Waals surface area contributed by atoms with Gasteiger partial charge >= 0.3 is 0 Å². The van der Waals surface area contributed by atoms with Crippen LogP contribution >= 0.6 is 34.5 Å². The van der Waals surface area contributed by atoms with Crippen molar-refractivity contribution in [1.82, 2.24) is 15.5 Å². The summed E-state index contributed by atoms with van der Waals surface area (Å²) in [5.41, 5.74) is 1.64. The molecule has 0 radical (unpaired) electrons. The fourth-order valence-corrected chi connectivity index (χ4v) is 4.27. The van der Waals surface area contributed by atoms with Crippen LogP contribution in [-0.2, 0) is 17.8 Å². The highest BCUT2D eigenvalue weighted by Gasteiger charge is 2.17. The van der Waals surface area contributed by atoms with Crippen LogP contribution in [0.3, 0.4) is 0 Å². The van der Waals surface area contributed by atoms with Gasteiger partial charge in [-0.3, -0.25) is 14.7 Å². The summed E-state index contributed by atoms with van der Waals surface area (Å²) in [7, 11) is 0. The van der Waals surface area contributed by atoms with Crippen molar-refractivity contribution in [3.8, 4) is 0 Å². The van der Waals surface area contributed by atoms with Crippen molar-refractivity contribution in [2.75, 3.05) is 5.32 Å². The lowest BCUT2D eigenvalue weighted by Crippen LogP contribution is -2.21. The molecule has 2 aromatic carbocycles. The number of benzene rings is 2. The minimum Gasteiger partial charge on any atom is -0.347 e. The number of hydrogen-bond donors (Lipinski definition) is 3. The van der Waals surface area contributed by atoms with E-state index in [1.54, 1.807) is 30.3 Å². The number of H-pyrrole nitrogens is 1. The Morgan fingerprint density at radius 3 is 2.70 bits per heavy atom. The average molecular weight is 459 g/mol. The van der Waals surface area contributed by atoms with E-state index in [4.69, 9.17) is 23.2 Å². The Kier molecular flexibility index (Phi) is 6.03. The first-order chi connectivity index (χ1) is 14.5. The Bertz CT molecular complexity index is 1230. The molecule has 152 valence electrons. The third kappa shape index (κ3) is 4.64. The van der Waals surface area contributed by atoms with Gasteiger partial charge < -0.3 is 10.6 Å². The summed E-state index contributed by atoms with van der Waals surface area (Å²) in [5.74, 6) is -0.0549. The zero-order valence-electron chi connectivity index (χ0n) is 15.5. The molecule has 0 aliphatic rings. The second-order valence-corrected chi connectivity index (χ2v) is 8.45. The van der Waals surface area contributed by atoms with Crippen LogP contribution in [0.25, 0.3) is 10.2 Å². The quantitative estimate of drug-likeness (QED) is 0.378. The maximum Gasteiger partial charge on any atom is 0.261 e. The van der Waals surface area contributed by atoms with Crippen LogP contribution in [0, 0.1) is 0 Å². The van der Waals surface area contributed by atoms with Crippen LogP contribution in [-0.4, -0.2) is 22.0 Å². The van der Waals surface area contributed by atoms with Gasteiger partial charge in [-0.05, 0) is 35.4 Å². The molecule has 6 nitrogen and oxygen atoms in total. The third-order valence-corrected chi connectivity index (χ3v) is 6.03. The fourth-order valence-electron chi connectivity index (χ4n) is 2.94. The molecule has 3 N–H and O–H groups in total. The number of carbonyl (C=O) groups is 2. The van der Waals surface area contributed by atoms with Gasteiger partial charge in [-0.2, -0.15) is 5.10 Å². The lowest BCUT2D eigenvalue weighted by Gasteiger charge is -2.05. The summed E-state index contributed by atoms with van der Waals surface area (Å²) in [6.07, 6.45) is 0.171. The van der Waals surface area contributed by atoms with E-state index >= 15 is 0 Å². The van der Waals surface area contributed by atoms with Crippen LogP contribution in [0.1, 0.15) is 20.8 Å². The zero-order chi connectivity index (χ0) is 21.1. The number of fused-ring (bicyclic) bond motifs is 1. The van der Waals surface area contributed by atoms with Gasteiger partial charge in [-0.15, -0.1) is 11.3 Å². The van der Waals surface area contributed by atoms with Gasteiger partial charge in [0, 0.05) is 16.6 Å². The van der Waals surface area contributed by atoms with Crippen LogP contribution in [0.2, 0.25) is 10.0 Å². The van der Waals surface area contributed by atoms with Crippen molar-refractivity contribution < 1.29 is 9.59 Å². The van der Waals surface area contributed by atoms with E-state index in [0.717, 1.165) is 11.1 Å². The van der Waals surface area contributed by atoms with Crippen LogP contribution in [0.5, 0.6) is 0 Å². The van der Waals surface area contributed by atoms with Crippen molar-refractivity contribution in [2.24, 2.45) is 0 Å². The molecule has 0 saturated carbocycles. The Hall–Kier alpha value is -2.87. The number of amides is 2. The summed E-state index contributed by atoms with van der Waals surface area (Å²) in [4.78, 5) is 26.1. The molecule has 2 amide bonds.